The van der Waals surface area contributed by atoms with E-state index in [-0.39, 0.29) is 5.91 Å². The summed E-state index contributed by atoms with van der Waals surface area (Å²) < 4.78 is 25.9. The van der Waals surface area contributed by atoms with Crippen molar-refractivity contribution in [3.05, 3.63) is 102 Å². The number of aromatic nitrogens is 2. The molecule has 1 saturated heterocycles. The van der Waals surface area contributed by atoms with Gasteiger partial charge in [0.05, 0.1) is 6.26 Å². The van der Waals surface area contributed by atoms with Crippen LogP contribution in [0.1, 0.15) is 21.5 Å². The maximum absolute atomic E-state index is 12.9. The van der Waals surface area contributed by atoms with Crippen LogP contribution in [0.4, 0.5) is 17.2 Å². The Bertz CT molecular complexity index is 1580. The summed E-state index contributed by atoms with van der Waals surface area (Å²) in [5, 5.41) is 6.43. The fourth-order valence-electron chi connectivity index (χ4n) is 4.41. The molecule has 0 saturated carbocycles. The highest BCUT2D eigenvalue weighted by molar-refractivity contribution is 7.85. The first-order valence-electron chi connectivity index (χ1n) is 13.5. The lowest BCUT2D eigenvalue weighted by Crippen LogP contribution is -2.43. The van der Waals surface area contributed by atoms with Crippen molar-refractivity contribution in [2.45, 2.75) is 13.5 Å². The van der Waals surface area contributed by atoms with Crippen molar-refractivity contribution < 1.29 is 17.8 Å². The summed E-state index contributed by atoms with van der Waals surface area (Å²) in [5.41, 5.74) is 6.59. The zero-order chi connectivity index (χ0) is 30.1. The van der Waals surface area contributed by atoms with Crippen molar-refractivity contribution in [2.24, 2.45) is 0 Å². The van der Waals surface area contributed by atoms with Gasteiger partial charge in [-0.25, -0.2) is 4.98 Å². The number of anilines is 3. The summed E-state index contributed by atoms with van der Waals surface area (Å²) in [6.07, 6.45) is 6.08. The highest BCUT2D eigenvalue weighted by atomic mass is 32.2. The van der Waals surface area contributed by atoms with Crippen molar-refractivity contribution in [3.8, 4) is 11.1 Å². The highest BCUT2D eigenvalue weighted by Gasteiger charge is 2.14. The van der Waals surface area contributed by atoms with Gasteiger partial charge >= 0.3 is 0 Å². The lowest BCUT2D eigenvalue weighted by Gasteiger charge is -2.32. The number of hydrogen-bond donors (Lipinski definition) is 3. The number of benzene rings is 2. The van der Waals surface area contributed by atoms with Crippen LogP contribution in [0, 0.1) is 6.92 Å². The second-order valence-electron chi connectivity index (χ2n) is 10.3. The molecule has 3 heterocycles. The van der Waals surface area contributed by atoms with Gasteiger partial charge in [-0.2, -0.15) is 8.42 Å². The van der Waals surface area contributed by atoms with Gasteiger partial charge in [-0.1, -0.05) is 24.3 Å². The normalized spacial score (nSPS) is 14.0. The zero-order valence-corrected chi connectivity index (χ0v) is 24.8. The minimum atomic E-state index is -3.67. The number of rotatable bonds is 7. The highest BCUT2D eigenvalue weighted by Crippen LogP contribution is 2.26. The van der Waals surface area contributed by atoms with Crippen molar-refractivity contribution in [1.29, 1.82) is 0 Å². The molecular formula is C31H36N6O4S. The Labute approximate surface area is 247 Å². The van der Waals surface area contributed by atoms with Gasteiger partial charge < -0.3 is 15.5 Å². The van der Waals surface area contributed by atoms with E-state index < -0.39 is 10.1 Å². The number of likely N-dealkylation sites (N-methyl/N-ethyl adjacent to an activating group) is 1. The van der Waals surface area contributed by atoms with E-state index >= 15 is 0 Å². The summed E-state index contributed by atoms with van der Waals surface area (Å²) >= 11 is 0. The first-order valence-corrected chi connectivity index (χ1v) is 15.4. The Morgan fingerprint density at radius 3 is 2.33 bits per heavy atom. The molecule has 0 bridgehead atoms. The van der Waals surface area contributed by atoms with Gasteiger partial charge in [-0.05, 0) is 73.1 Å². The first-order chi connectivity index (χ1) is 20.0. The lowest BCUT2D eigenvalue weighted by atomic mass is 10.1. The van der Waals surface area contributed by atoms with E-state index in [4.69, 9.17) is 4.55 Å². The van der Waals surface area contributed by atoms with Crippen LogP contribution in [0.15, 0.2) is 85.3 Å². The second kappa shape index (κ2) is 14.1. The smallest absolute Gasteiger partial charge is 0.261 e. The molecule has 1 aliphatic heterocycles. The van der Waals surface area contributed by atoms with Crippen molar-refractivity contribution in [1.82, 2.24) is 19.8 Å². The predicted octanol–water partition coefficient (Wildman–Crippen LogP) is 4.70. The van der Waals surface area contributed by atoms with Crippen LogP contribution in [-0.2, 0) is 16.7 Å². The molecule has 2 aromatic carbocycles. The molecule has 0 radical (unpaired) electrons. The van der Waals surface area contributed by atoms with Crippen molar-refractivity contribution in [3.63, 3.8) is 0 Å². The molecule has 2 aromatic heterocycles. The van der Waals surface area contributed by atoms with Crippen LogP contribution in [0.3, 0.4) is 0 Å². The molecule has 11 heteroatoms. The molecule has 1 aliphatic rings. The number of aryl methyl sites for hydroxylation is 1. The fourth-order valence-corrected chi connectivity index (χ4v) is 4.41. The van der Waals surface area contributed by atoms with E-state index in [2.05, 4.69) is 49.6 Å². The average molecular weight is 589 g/mol. The number of piperazine rings is 1. The van der Waals surface area contributed by atoms with Crippen LogP contribution in [0.25, 0.3) is 11.1 Å². The molecule has 0 atom stereocenters. The molecule has 10 nitrogen and oxygen atoms in total. The number of pyridine rings is 2. The van der Waals surface area contributed by atoms with E-state index in [1.807, 2.05) is 67.7 Å². The molecule has 1 amide bonds. The number of carbonyl (C=O) groups is 1. The topological polar surface area (TPSA) is 128 Å². The van der Waals surface area contributed by atoms with Crippen LogP contribution in [-0.4, -0.2) is 78.1 Å². The summed E-state index contributed by atoms with van der Waals surface area (Å²) in [4.78, 5) is 26.4. The molecular weight excluding hydrogens is 552 g/mol. The zero-order valence-electron chi connectivity index (χ0n) is 24.0. The Kier molecular flexibility index (Phi) is 10.4. The second-order valence-corrected chi connectivity index (χ2v) is 11.8. The molecule has 220 valence electrons. The summed E-state index contributed by atoms with van der Waals surface area (Å²) in [6.45, 7) is 7.29. The lowest BCUT2D eigenvalue weighted by molar-refractivity contribution is 0.102. The monoisotopic (exact) mass is 588 g/mol. The molecule has 1 fully saturated rings. The summed E-state index contributed by atoms with van der Waals surface area (Å²) in [6, 6.07) is 21.6. The van der Waals surface area contributed by atoms with Gasteiger partial charge in [-0.15, -0.1) is 0 Å². The van der Waals surface area contributed by atoms with Gasteiger partial charge in [0.1, 0.15) is 5.82 Å². The van der Waals surface area contributed by atoms with E-state index in [0.717, 1.165) is 66.6 Å². The summed E-state index contributed by atoms with van der Waals surface area (Å²) in [5.74, 6) is 0.599. The maximum Gasteiger partial charge on any atom is 0.261 e. The maximum atomic E-state index is 12.9. The number of hydrogen-bond acceptors (Lipinski definition) is 8. The minimum Gasteiger partial charge on any atom is -0.340 e. The Morgan fingerprint density at radius 1 is 0.952 bits per heavy atom. The minimum absolute atomic E-state index is 0.127. The van der Waals surface area contributed by atoms with Crippen LogP contribution in [0.5, 0.6) is 0 Å². The van der Waals surface area contributed by atoms with Crippen LogP contribution in [0.2, 0.25) is 0 Å². The van der Waals surface area contributed by atoms with Gasteiger partial charge in [0, 0.05) is 73.8 Å². The Morgan fingerprint density at radius 2 is 1.67 bits per heavy atom. The quantitative estimate of drug-likeness (QED) is 0.263. The van der Waals surface area contributed by atoms with Gasteiger partial charge in [0.25, 0.3) is 16.0 Å². The van der Waals surface area contributed by atoms with E-state index in [0.29, 0.717) is 11.8 Å². The SMILES string of the molecule is CS(=O)(=O)O.Cc1ccc(NC(=O)c2ccc(CN3CCN(C)CC3)cc2)cc1Nc1cc(-c2cccnc2)ccn1. The molecule has 4 aromatic rings. The molecule has 0 unspecified atom stereocenters. The third kappa shape index (κ3) is 9.74. The van der Waals surface area contributed by atoms with Gasteiger partial charge in [0.15, 0.2) is 0 Å². The predicted molar refractivity (Wildman–Crippen MR) is 167 cm³/mol. The Hall–Kier alpha value is -4.16. The van der Waals surface area contributed by atoms with Gasteiger partial charge in [-0.3, -0.25) is 19.2 Å². The van der Waals surface area contributed by atoms with Crippen LogP contribution < -0.4 is 10.6 Å². The molecule has 0 aliphatic carbocycles. The largest absolute Gasteiger partial charge is 0.340 e. The molecule has 0 spiro atoms. The molecule has 3 N–H and O–H groups in total. The number of nitrogens with one attached hydrogen (secondary N) is 2. The van der Waals surface area contributed by atoms with Gasteiger partial charge in [0.2, 0.25) is 0 Å². The standard InChI is InChI=1S/C30H32N6O.CH4O3S/c1-22-5-10-27(19-28(22)34-29-18-25(11-13-32-29)26-4-3-12-31-20-26)33-30(37)24-8-6-23(7-9-24)21-36-16-14-35(2)15-17-36;1-5(2,3)4/h3-13,18-20H,14-17,21H2,1-2H3,(H,32,34)(H,33,37);1H3,(H,2,3,4). The number of carbonyl (C=O) groups excluding carboxylic acids is 1. The van der Waals surface area contributed by atoms with E-state index in [9.17, 15) is 13.2 Å². The van der Waals surface area contributed by atoms with E-state index in [1.165, 1.54) is 5.56 Å². The molecule has 5 rings (SSSR count). The third-order valence-corrected chi connectivity index (χ3v) is 6.73. The Balaban J connectivity index is 0.000000748. The first kappa shape index (κ1) is 30.8. The van der Waals surface area contributed by atoms with Crippen LogP contribution >= 0.6 is 0 Å². The fraction of sp³-hybridized carbons (Fsp3) is 0.258. The summed E-state index contributed by atoms with van der Waals surface area (Å²) in [7, 11) is -1.50. The average Bonchev–Trinajstić information content (AvgIpc) is 2.96. The van der Waals surface area contributed by atoms with E-state index in [1.54, 1.807) is 12.4 Å². The molecule has 42 heavy (non-hydrogen) atoms. The van der Waals surface area contributed by atoms with Crippen molar-refractivity contribution in [2.75, 3.05) is 50.1 Å². The number of amides is 1. The number of nitrogens with zero attached hydrogens (tertiary/aromatic N) is 4. The van der Waals surface area contributed by atoms with Crippen molar-refractivity contribution >= 4 is 33.2 Å². The third-order valence-electron chi connectivity index (χ3n) is 6.73.